The predicted octanol–water partition coefficient (Wildman–Crippen LogP) is 2.67. The summed E-state index contributed by atoms with van der Waals surface area (Å²) < 4.78 is 23.4. The van der Waals surface area contributed by atoms with E-state index in [9.17, 15) is 14.0 Å². The number of esters is 1. The number of aromatic nitrogens is 2. The Labute approximate surface area is 142 Å². The lowest BCUT2D eigenvalue weighted by atomic mass is 10.2. The number of methoxy groups -OCH3 is 1. The van der Waals surface area contributed by atoms with Crippen LogP contribution in [-0.2, 0) is 9.53 Å². The first-order valence-electron chi connectivity index (χ1n) is 7.52. The second-order valence-electron chi connectivity index (χ2n) is 5.38. The normalized spacial score (nSPS) is 12.0. The molecule has 0 saturated carbocycles. The summed E-state index contributed by atoms with van der Waals surface area (Å²) in [5.74, 6) is -0.157. The van der Waals surface area contributed by atoms with E-state index in [1.807, 2.05) is 0 Å². The van der Waals surface area contributed by atoms with Crippen molar-refractivity contribution in [2.24, 2.45) is 0 Å². The number of carbonyl (C=O) groups is 1. The van der Waals surface area contributed by atoms with Crippen LogP contribution in [0.4, 0.5) is 4.39 Å². The fourth-order valence-electron chi connectivity index (χ4n) is 2.36. The summed E-state index contributed by atoms with van der Waals surface area (Å²) in [4.78, 5) is 30.4. The zero-order chi connectivity index (χ0) is 18.0. The zero-order valence-corrected chi connectivity index (χ0v) is 13.6. The first-order valence-corrected chi connectivity index (χ1v) is 7.52. The van der Waals surface area contributed by atoms with E-state index in [1.54, 1.807) is 31.2 Å². The molecule has 6 nitrogen and oxygen atoms in total. The second-order valence-corrected chi connectivity index (χ2v) is 5.38. The highest BCUT2D eigenvalue weighted by atomic mass is 19.1. The van der Waals surface area contributed by atoms with Crippen LogP contribution < -0.4 is 10.3 Å². The molecule has 7 heteroatoms. The summed E-state index contributed by atoms with van der Waals surface area (Å²) in [5, 5.41) is 0.317. The molecule has 3 aromatic rings. The molecular weight excluding hydrogens is 327 g/mol. The number of hydrogen-bond acceptors (Lipinski definition) is 5. The van der Waals surface area contributed by atoms with Gasteiger partial charge < -0.3 is 14.5 Å². The number of nitrogens with one attached hydrogen (secondary N) is 1. The van der Waals surface area contributed by atoms with Crippen molar-refractivity contribution >= 4 is 16.9 Å². The third kappa shape index (κ3) is 3.50. The van der Waals surface area contributed by atoms with Gasteiger partial charge in [-0.1, -0.05) is 0 Å². The van der Waals surface area contributed by atoms with Crippen molar-refractivity contribution in [3.63, 3.8) is 0 Å². The van der Waals surface area contributed by atoms with Gasteiger partial charge in [0.25, 0.3) is 5.56 Å². The van der Waals surface area contributed by atoms with Gasteiger partial charge in [0.2, 0.25) is 0 Å². The molecule has 1 heterocycles. The first-order chi connectivity index (χ1) is 12.0. The smallest absolute Gasteiger partial charge is 0.346 e. The Morgan fingerprint density at radius 2 is 1.92 bits per heavy atom. The van der Waals surface area contributed by atoms with Crippen molar-refractivity contribution in [2.45, 2.75) is 13.0 Å². The number of rotatable bonds is 4. The van der Waals surface area contributed by atoms with Crippen molar-refractivity contribution in [1.29, 1.82) is 0 Å². The van der Waals surface area contributed by atoms with Crippen LogP contribution in [0.1, 0.15) is 6.92 Å². The summed E-state index contributed by atoms with van der Waals surface area (Å²) in [6.45, 7) is 1.58. The minimum Gasteiger partial charge on any atom is -0.479 e. The third-order valence-electron chi connectivity index (χ3n) is 3.64. The molecule has 0 aliphatic heterocycles. The lowest BCUT2D eigenvalue weighted by Crippen LogP contribution is -2.24. The molecule has 128 valence electrons. The summed E-state index contributed by atoms with van der Waals surface area (Å²) in [7, 11) is 1.29. The molecule has 1 aromatic heterocycles. The van der Waals surface area contributed by atoms with Gasteiger partial charge in [-0.15, -0.1) is 0 Å². The number of hydrogen-bond donors (Lipinski definition) is 1. The fourth-order valence-corrected chi connectivity index (χ4v) is 2.36. The molecule has 0 aliphatic carbocycles. The van der Waals surface area contributed by atoms with Gasteiger partial charge in [-0.25, -0.2) is 14.2 Å². The van der Waals surface area contributed by atoms with E-state index >= 15 is 0 Å². The third-order valence-corrected chi connectivity index (χ3v) is 3.64. The largest absolute Gasteiger partial charge is 0.479 e. The Morgan fingerprint density at radius 1 is 1.20 bits per heavy atom. The quantitative estimate of drug-likeness (QED) is 0.737. The molecule has 0 spiro atoms. The highest BCUT2D eigenvalue weighted by Gasteiger charge is 2.15. The minimum atomic E-state index is -0.738. The monoisotopic (exact) mass is 342 g/mol. The zero-order valence-electron chi connectivity index (χ0n) is 13.6. The molecule has 1 N–H and O–H groups in total. The molecule has 0 amide bonds. The number of halogens is 1. The van der Waals surface area contributed by atoms with E-state index in [1.165, 1.54) is 25.3 Å². The molecular formula is C18H15FN2O4. The van der Waals surface area contributed by atoms with E-state index in [2.05, 4.69) is 14.7 Å². The number of H-pyrrole nitrogens is 1. The van der Waals surface area contributed by atoms with E-state index in [-0.39, 0.29) is 11.1 Å². The lowest BCUT2D eigenvalue weighted by molar-refractivity contribution is -0.147. The summed E-state index contributed by atoms with van der Waals surface area (Å²) in [6, 6.07) is 10.5. The van der Waals surface area contributed by atoms with Gasteiger partial charge >= 0.3 is 5.97 Å². The molecule has 1 atom stereocenters. The van der Waals surface area contributed by atoms with Gasteiger partial charge in [-0.05, 0) is 43.3 Å². The Bertz CT molecular complexity index is 983. The van der Waals surface area contributed by atoms with Gasteiger partial charge in [0, 0.05) is 11.6 Å². The van der Waals surface area contributed by atoms with Crippen LogP contribution in [0.5, 0.6) is 5.75 Å². The van der Waals surface area contributed by atoms with E-state index in [4.69, 9.17) is 4.74 Å². The standard InChI is InChI=1S/C18H15FN2O4/c1-10(18(23)24-2)25-13-6-3-11(4-7-13)16-20-15-9-12(19)5-8-14(15)17(22)21-16/h3-10H,1-2H3,(H,20,21,22). The van der Waals surface area contributed by atoms with Crippen molar-refractivity contribution in [2.75, 3.05) is 7.11 Å². The van der Waals surface area contributed by atoms with Crippen LogP contribution in [0.15, 0.2) is 47.3 Å². The molecule has 0 bridgehead atoms. The van der Waals surface area contributed by atoms with Gasteiger partial charge in [0.15, 0.2) is 6.10 Å². The van der Waals surface area contributed by atoms with Crippen molar-refractivity contribution in [1.82, 2.24) is 9.97 Å². The van der Waals surface area contributed by atoms with Crippen LogP contribution in [0.25, 0.3) is 22.3 Å². The van der Waals surface area contributed by atoms with Crippen LogP contribution in [0, 0.1) is 5.82 Å². The SMILES string of the molecule is COC(=O)C(C)Oc1ccc(-c2nc3cc(F)ccc3c(=O)[nH]2)cc1. The van der Waals surface area contributed by atoms with Crippen LogP contribution in [-0.4, -0.2) is 29.2 Å². The van der Waals surface area contributed by atoms with E-state index < -0.39 is 17.9 Å². The van der Waals surface area contributed by atoms with E-state index in [0.717, 1.165) is 0 Å². The Morgan fingerprint density at radius 3 is 2.60 bits per heavy atom. The van der Waals surface area contributed by atoms with Crippen LogP contribution in [0.2, 0.25) is 0 Å². The molecule has 1 unspecified atom stereocenters. The molecule has 25 heavy (non-hydrogen) atoms. The average molecular weight is 342 g/mol. The average Bonchev–Trinajstić information content (AvgIpc) is 2.61. The Hall–Kier alpha value is -3.22. The van der Waals surface area contributed by atoms with Gasteiger partial charge in [0.05, 0.1) is 18.0 Å². The lowest BCUT2D eigenvalue weighted by Gasteiger charge is -2.12. The molecule has 3 rings (SSSR count). The topological polar surface area (TPSA) is 81.3 Å². The molecule has 0 saturated heterocycles. The first kappa shape index (κ1) is 16.6. The maximum atomic E-state index is 13.4. The second kappa shape index (κ2) is 6.72. The summed E-state index contributed by atoms with van der Waals surface area (Å²) in [5.41, 5.74) is 0.555. The maximum Gasteiger partial charge on any atom is 0.346 e. The maximum absolute atomic E-state index is 13.4. The van der Waals surface area contributed by atoms with Crippen LogP contribution >= 0.6 is 0 Å². The molecule has 0 radical (unpaired) electrons. The van der Waals surface area contributed by atoms with Gasteiger partial charge in [-0.3, -0.25) is 4.79 Å². The fraction of sp³-hybridized carbons (Fsp3) is 0.167. The van der Waals surface area contributed by atoms with Gasteiger partial charge in [0.1, 0.15) is 17.4 Å². The van der Waals surface area contributed by atoms with Crippen molar-refractivity contribution in [3.8, 4) is 17.1 Å². The number of nitrogens with zero attached hydrogens (tertiary/aromatic N) is 1. The summed E-state index contributed by atoms with van der Waals surface area (Å²) >= 11 is 0. The van der Waals surface area contributed by atoms with E-state index in [0.29, 0.717) is 22.5 Å². The number of benzene rings is 2. The van der Waals surface area contributed by atoms with Crippen molar-refractivity contribution < 1.29 is 18.7 Å². The van der Waals surface area contributed by atoms with Crippen LogP contribution in [0.3, 0.4) is 0 Å². The highest BCUT2D eigenvalue weighted by molar-refractivity contribution is 5.79. The number of aromatic amines is 1. The Balaban J connectivity index is 1.91. The predicted molar refractivity (Wildman–Crippen MR) is 89.9 cm³/mol. The number of fused-ring (bicyclic) bond motifs is 1. The number of carbonyl (C=O) groups excluding carboxylic acids is 1. The Kier molecular flexibility index (Phi) is 4.47. The number of ether oxygens (including phenoxy) is 2. The molecule has 0 aliphatic rings. The van der Waals surface area contributed by atoms with Gasteiger partial charge in [-0.2, -0.15) is 0 Å². The van der Waals surface area contributed by atoms with Crippen molar-refractivity contribution in [3.05, 3.63) is 58.6 Å². The highest BCUT2D eigenvalue weighted by Crippen LogP contribution is 2.21. The molecule has 2 aromatic carbocycles. The minimum absolute atomic E-state index is 0.276. The summed E-state index contributed by atoms with van der Waals surface area (Å²) in [6.07, 6.45) is -0.738. The molecule has 0 fully saturated rings.